The SMILES string of the molecule is CCC1CN(c2ccc(C(C)C)cn2)C1. The van der Waals surface area contributed by atoms with Crippen LogP contribution in [0.15, 0.2) is 18.3 Å². The van der Waals surface area contributed by atoms with E-state index in [1.165, 1.54) is 25.1 Å². The van der Waals surface area contributed by atoms with Crippen molar-refractivity contribution in [2.24, 2.45) is 5.92 Å². The predicted molar refractivity (Wildman–Crippen MR) is 64.3 cm³/mol. The smallest absolute Gasteiger partial charge is 0.128 e. The molecule has 0 N–H and O–H groups in total. The van der Waals surface area contributed by atoms with Crippen LogP contribution in [0.4, 0.5) is 5.82 Å². The van der Waals surface area contributed by atoms with Gasteiger partial charge >= 0.3 is 0 Å². The van der Waals surface area contributed by atoms with Crippen molar-refractivity contribution >= 4 is 5.82 Å². The molecule has 0 radical (unpaired) electrons. The topological polar surface area (TPSA) is 16.1 Å². The summed E-state index contributed by atoms with van der Waals surface area (Å²) in [6.07, 6.45) is 3.31. The summed E-state index contributed by atoms with van der Waals surface area (Å²) < 4.78 is 0. The molecule has 82 valence electrons. The van der Waals surface area contributed by atoms with Crippen molar-refractivity contribution in [1.29, 1.82) is 0 Å². The maximum Gasteiger partial charge on any atom is 0.128 e. The van der Waals surface area contributed by atoms with Gasteiger partial charge in [0.25, 0.3) is 0 Å². The van der Waals surface area contributed by atoms with E-state index in [-0.39, 0.29) is 0 Å². The average Bonchev–Trinajstić information content (AvgIpc) is 2.17. The van der Waals surface area contributed by atoms with E-state index in [1.54, 1.807) is 0 Å². The van der Waals surface area contributed by atoms with Crippen LogP contribution in [-0.4, -0.2) is 18.1 Å². The lowest BCUT2D eigenvalue weighted by Gasteiger charge is -2.39. The van der Waals surface area contributed by atoms with Crippen LogP contribution >= 0.6 is 0 Å². The van der Waals surface area contributed by atoms with Gasteiger partial charge in [-0.3, -0.25) is 0 Å². The minimum Gasteiger partial charge on any atom is -0.356 e. The minimum absolute atomic E-state index is 0.575. The molecule has 1 saturated heterocycles. The highest BCUT2D eigenvalue weighted by Gasteiger charge is 2.25. The maximum atomic E-state index is 4.52. The van der Waals surface area contributed by atoms with Gasteiger partial charge in [0, 0.05) is 19.3 Å². The van der Waals surface area contributed by atoms with Gasteiger partial charge in [-0.25, -0.2) is 4.98 Å². The molecule has 1 aliphatic heterocycles. The fraction of sp³-hybridized carbons (Fsp3) is 0.615. The fourth-order valence-electron chi connectivity index (χ4n) is 1.94. The Morgan fingerprint density at radius 2 is 2.13 bits per heavy atom. The van der Waals surface area contributed by atoms with Crippen LogP contribution in [0.5, 0.6) is 0 Å². The number of hydrogen-bond acceptors (Lipinski definition) is 2. The summed E-state index contributed by atoms with van der Waals surface area (Å²) in [6.45, 7) is 9.03. The van der Waals surface area contributed by atoms with Gasteiger partial charge in [-0.2, -0.15) is 0 Å². The number of anilines is 1. The Morgan fingerprint density at radius 1 is 1.40 bits per heavy atom. The fourth-order valence-corrected chi connectivity index (χ4v) is 1.94. The standard InChI is InChI=1S/C13H20N2/c1-4-11-8-15(9-11)13-6-5-12(7-14-13)10(2)3/h5-7,10-11H,4,8-9H2,1-3H3. The molecule has 0 aromatic carbocycles. The van der Waals surface area contributed by atoms with Crippen molar-refractivity contribution in [3.05, 3.63) is 23.9 Å². The molecule has 0 spiro atoms. The summed E-state index contributed by atoms with van der Waals surface area (Å²) in [5.74, 6) is 2.60. The van der Waals surface area contributed by atoms with E-state index in [4.69, 9.17) is 0 Å². The van der Waals surface area contributed by atoms with Gasteiger partial charge in [0.2, 0.25) is 0 Å². The van der Waals surface area contributed by atoms with Crippen LogP contribution in [0.1, 0.15) is 38.7 Å². The van der Waals surface area contributed by atoms with Crippen molar-refractivity contribution in [2.75, 3.05) is 18.0 Å². The number of rotatable bonds is 3. The lowest BCUT2D eigenvalue weighted by Crippen LogP contribution is -2.46. The first-order chi connectivity index (χ1) is 7.20. The molecule has 0 amide bonds. The quantitative estimate of drug-likeness (QED) is 0.752. The van der Waals surface area contributed by atoms with E-state index in [0.29, 0.717) is 5.92 Å². The van der Waals surface area contributed by atoms with E-state index in [1.807, 2.05) is 6.20 Å². The van der Waals surface area contributed by atoms with Crippen LogP contribution in [0, 0.1) is 5.92 Å². The zero-order chi connectivity index (χ0) is 10.8. The lowest BCUT2D eigenvalue weighted by atomic mass is 9.97. The summed E-state index contributed by atoms with van der Waals surface area (Å²) >= 11 is 0. The third-order valence-electron chi connectivity index (χ3n) is 3.30. The number of pyridine rings is 1. The van der Waals surface area contributed by atoms with E-state index in [9.17, 15) is 0 Å². The molecular formula is C13H20N2. The van der Waals surface area contributed by atoms with Gasteiger partial charge in [0.05, 0.1) is 0 Å². The normalized spacial score (nSPS) is 16.9. The second kappa shape index (κ2) is 4.21. The Kier molecular flexibility index (Phi) is 2.94. The molecule has 0 bridgehead atoms. The maximum absolute atomic E-state index is 4.52. The predicted octanol–water partition coefficient (Wildman–Crippen LogP) is 3.05. The highest BCUT2D eigenvalue weighted by molar-refractivity contribution is 5.42. The molecule has 0 aliphatic carbocycles. The Labute approximate surface area is 92.3 Å². The Morgan fingerprint density at radius 3 is 2.60 bits per heavy atom. The molecular weight excluding hydrogens is 184 g/mol. The van der Waals surface area contributed by atoms with Gasteiger partial charge in [-0.1, -0.05) is 26.8 Å². The Hall–Kier alpha value is -1.05. The van der Waals surface area contributed by atoms with E-state index >= 15 is 0 Å². The summed E-state index contributed by atoms with van der Waals surface area (Å²) in [5.41, 5.74) is 1.33. The Balaban J connectivity index is 1.99. The van der Waals surface area contributed by atoms with Gasteiger partial charge in [0.15, 0.2) is 0 Å². The summed E-state index contributed by atoms with van der Waals surface area (Å²) in [4.78, 5) is 6.88. The molecule has 2 nitrogen and oxygen atoms in total. The largest absolute Gasteiger partial charge is 0.356 e. The molecule has 15 heavy (non-hydrogen) atoms. The van der Waals surface area contributed by atoms with Gasteiger partial charge in [-0.15, -0.1) is 0 Å². The first-order valence-electron chi connectivity index (χ1n) is 5.91. The first kappa shape index (κ1) is 10.5. The van der Waals surface area contributed by atoms with Crippen LogP contribution < -0.4 is 4.90 Å². The third-order valence-corrected chi connectivity index (χ3v) is 3.30. The van der Waals surface area contributed by atoms with Crippen molar-refractivity contribution in [2.45, 2.75) is 33.1 Å². The highest BCUT2D eigenvalue weighted by Crippen LogP contribution is 2.25. The van der Waals surface area contributed by atoms with Crippen LogP contribution in [-0.2, 0) is 0 Å². The highest BCUT2D eigenvalue weighted by atomic mass is 15.2. The number of aromatic nitrogens is 1. The van der Waals surface area contributed by atoms with Crippen LogP contribution in [0.2, 0.25) is 0 Å². The first-order valence-corrected chi connectivity index (χ1v) is 5.91. The average molecular weight is 204 g/mol. The Bertz CT molecular complexity index is 310. The zero-order valence-corrected chi connectivity index (χ0v) is 9.90. The second-order valence-corrected chi connectivity index (χ2v) is 4.78. The lowest BCUT2D eigenvalue weighted by molar-refractivity contribution is 0.396. The van der Waals surface area contributed by atoms with Crippen molar-refractivity contribution in [3.8, 4) is 0 Å². The molecule has 0 atom stereocenters. The van der Waals surface area contributed by atoms with Crippen molar-refractivity contribution < 1.29 is 0 Å². The van der Waals surface area contributed by atoms with E-state index < -0.39 is 0 Å². The number of hydrogen-bond donors (Lipinski definition) is 0. The van der Waals surface area contributed by atoms with Gasteiger partial charge < -0.3 is 4.90 Å². The molecule has 2 rings (SSSR count). The monoisotopic (exact) mass is 204 g/mol. The van der Waals surface area contributed by atoms with Crippen molar-refractivity contribution in [3.63, 3.8) is 0 Å². The summed E-state index contributed by atoms with van der Waals surface area (Å²) in [7, 11) is 0. The molecule has 1 aromatic heterocycles. The van der Waals surface area contributed by atoms with Crippen LogP contribution in [0.25, 0.3) is 0 Å². The zero-order valence-electron chi connectivity index (χ0n) is 9.90. The minimum atomic E-state index is 0.575. The van der Waals surface area contributed by atoms with Crippen LogP contribution in [0.3, 0.4) is 0 Å². The summed E-state index contributed by atoms with van der Waals surface area (Å²) in [6, 6.07) is 4.35. The van der Waals surface area contributed by atoms with Crippen molar-refractivity contribution in [1.82, 2.24) is 4.98 Å². The molecule has 2 heterocycles. The molecule has 0 unspecified atom stereocenters. The molecule has 1 aromatic rings. The van der Waals surface area contributed by atoms with E-state index in [2.05, 4.69) is 42.8 Å². The van der Waals surface area contributed by atoms with E-state index in [0.717, 1.165) is 11.7 Å². The number of nitrogens with zero attached hydrogens (tertiary/aromatic N) is 2. The second-order valence-electron chi connectivity index (χ2n) is 4.78. The van der Waals surface area contributed by atoms with Gasteiger partial charge in [-0.05, 0) is 29.9 Å². The molecule has 2 heteroatoms. The molecule has 0 saturated carbocycles. The third kappa shape index (κ3) is 2.14. The molecule has 1 aliphatic rings. The molecule has 1 fully saturated rings. The summed E-state index contributed by atoms with van der Waals surface area (Å²) in [5, 5.41) is 0. The van der Waals surface area contributed by atoms with Gasteiger partial charge in [0.1, 0.15) is 5.82 Å².